The average molecular weight is 370 g/mol. The molecule has 0 heterocycles. The van der Waals surface area contributed by atoms with Crippen molar-refractivity contribution in [2.24, 2.45) is 11.8 Å². The SMILES string of the molecule is C[C@@H](O)CCC[C@@H](O)CC[C@H]1C(O)CC(=O)C1CC=CCCCC(=O)O. The van der Waals surface area contributed by atoms with Crippen LogP contribution in [-0.2, 0) is 9.59 Å². The lowest BCUT2D eigenvalue weighted by atomic mass is 9.86. The quantitative estimate of drug-likeness (QED) is 0.292. The summed E-state index contributed by atoms with van der Waals surface area (Å²) in [6, 6.07) is 0. The molecule has 1 aliphatic rings. The second-order valence-electron chi connectivity index (χ2n) is 7.51. The molecule has 150 valence electrons. The van der Waals surface area contributed by atoms with Crippen molar-refractivity contribution < 1.29 is 30.0 Å². The first-order chi connectivity index (χ1) is 12.3. The van der Waals surface area contributed by atoms with E-state index in [0.29, 0.717) is 44.9 Å². The molecule has 0 amide bonds. The van der Waals surface area contributed by atoms with Gasteiger partial charge in [-0.1, -0.05) is 12.2 Å². The monoisotopic (exact) mass is 370 g/mol. The molecule has 5 atom stereocenters. The Hall–Kier alpha value is -1.24. The molecule has 1 aliphatic carbocycles. The van der Waals surface area contributed by atoms with Crippen molar-refractivity contribution in [1.29, 1.82) is 0 Å². The first kappa shape index (κ1) is 22.8. The zero-order chi connectivity index (χ0) is 19.5. The van der Waals surface area contributed by atoms with Gasteiger partial charge in [0.05, 0.1) is 18.3 Å². The van der Waals surface area contributed by atoms with Crippen molar-refractivity contribution in [3.8, 4) is 0 Å². The lowest BCUT2D eigenvalue weighted by Crippen LogP contribution is -2.22. The largest absolute Gasteiger partial charge is 0.481 e. The average Bonchev–Trinajstić information content (AvgIpc) is 2.81. The number of aliphatic hydroxyl groups excluding tert-OH is 3. The number of unbranched alkanes of at least 4 members (excludes halogenated alkanes) is 1. The molecule has 0 aliphatic heterocycles. The fourth-order valence-electron chi connectivity index (χ4n) is 3.63. The summed E-state index contributed by atoms with van der Waals surface area (Å²) in [5.74, 6) is -1.08. The first-order valence-corrected chi connectivity index (χ1v) is 9.75. The van der Waals surface area contributed by atoms with Gasteiger partial charge in [0.25, 0.3) is 0 Å². The van der Waals surface area contributed by atoms with E-state index >= 15 is 0 Å². The molecule has 2 unspecified atom stereocenters. The maximum atomic E-state index is 12.1. The third kappa shape index (κ3) is 8.92. The van der Waals surface area contributed by atoms with Gasteiger partial charge in [0.15, 0.2) is 0 Å². The number of aliphatic carboxylic acids is 1. The Kier molecular flexibility index (Phi) is 10.7. The number of aliphatic hydroxyl groups is 3. The highest BCUT2D eigenvalue weighted by Crippen LogP contribution is 2.36. The topological polar surface area (TPSA) is 115 Å². The van der Waals surface area contributed by atoms with Crippen LogP contribution in [0, 0.1) is 11.8 Å². The number of allylic oxidation sites excluding steroid dienone is 2. The molecule has 0 aromatic heterocycles. The van der Waals surface area contributed by atoms with Crippen LogP contribution < -0.4 is 0 Å². The van der Waals surface area contributed by atoms with Crippen LogP contribution in [0.3, 0.4) is 0 Å². The Balaban J connectivity index is 2.37. The Morgan fingerprint density at radius 2 is 1.92 bits per heavy atom. The van der Waals surface area contributed by atoms with Gasteiger partial charge in [0.1, 0.15) is 5.78 Å². The molecule has 0 saturated heterocycles. The molecule has 26 heavy (non-hydrogen) atoms. The Bertz CT molecular complexity index is 459. The summed E-state index contributed by atoms with van der Waals surface area (Å²) in [6.07, 6.45) is 7.68. The van der Waals surface area contributed by atoms with Crippen LogP contribution in [0.25, 0.3) is 0 Å². The maximum Gasteiger partial charge on any atom is 0.303 e. The van der Waals surface area contributed by atoms with Crippen LogP contribution in [0.15, 0.2) is 12.2 Å². The molecule has 0 aromatic carbocycles. The van der Waals surface area contributed by atoms with E-state index in [0.717, 1.165) is 6.42 Å². The molecule has 1 rings (SSSR count). The highest BCUT2D eigenvalue weighted by Gasteiger charge is 2.40. The molecule has 4 N–H and O–H groups in total. The molecule has 0 spiro atoms. The van der Waals surface area contributed by atoms with Crippen LogP contribution in [-0.4, -0.2) is 50.5 Å². The second kappa shape index (κ2) is 12.2. The minimum absolute atomic E-state index is 0.0706. The van der Waals surface area contributed by atoms with E-state index in [4.69, 9.17) is 5.11 Å². The third-order valence-electron chi connectivity index (χ3n) is 5.15. The minimum atomic E-state index is -0.806. The number of ketones is 1. The number of carbonyl (C=O) groups excluding carboxylic acids is 1. The Morgan fingerprint density at radius 3 is 2.58 bits per heavy atom. The van der Waals surface area contributed by atoms with Gasteiger partial charge in [0, 0.05) is 18.8 Å². The fourth-order valence-corrected chi connectivity index (χ4v) is 3.63. The van der Waals surface area contributed by atoms with Crippen LogP contribution in [0.5, 0.6) is 0 Å². The molecule has 0 bridgehead atoms. The van der Waals surface area contributed by atoms with Gasteiger partial charge >= 0.3 is 5.97 Å². The molecule has 1 saturated carbocycles. The summed E-state index contributed by atoms with van der Waals surface area (Å²) in [4.78, 5) is 22.6. The van der Waals surface area contributed by atoms with Gasteiger partial charge in [0.2, 0.25) is 0 Å². The van der Waals surface area contributed by atoms with Crippen LogP contribution in [0.4, 0.5) is 0 Å². The van der Waals surface area contributed by atoms with E-state index in [-0.39, 0.29) is 36.6 Å². The van der Waals surface area contributed by atoms with E-state index in [2.05, 4.69) is 0 Å². The summed E-state index contributed by atoms with van der Waals surface area (Å²) in [7, 11) is 0. The number of carbonyl (C=O) groups is 2. The number of hydrogen-bond acceptors (Lipinski definition) is 5. The molecule has 0 aromatic rings. The van der Waals surface area contributed by atoms with Gasteiger partial charge < -0.3 is 20.4 Å². The lowest BCUT2D eigenvalue weighted by molar-refractivity contribution is -0.137. The minimum Gasteiger partial charge on any atom is -0.481 e. The lowest BCUT2D eigenvalue weighted by Gasteiger charge is -2.21. The number of carboxylic acids is 1. The highest BCUT2D eigenvalue weighted by atomic mass is 16.4. The van der Waals surface area contributed by atoms with E-state index < -0.39 is 18.2 Å². The van der Waals surface area contributed by atoms with Crippen molar-refractivity contribution in [2.75, 3.05) is 0 Å². The molecule has 6 nitrogen and oxygen atoms in total. The Labute approximate surface area is 155 Å². The summed E-state index contributed by atoms with van der Waals surface area (Å²) in [6.45, 7) is 1.73. The fraction of sp³-hybridized carbons (Fsp3) is 0.800. The molecular weight excluding hydrogens is 336 g/mol. The third-order valence-corrected chi connectivity index (χ3v) is 5.15. The van der Waals surface area contributed by atoms with Crippen LogP contribution >= 0.6 is 0 Å². The van der Waals surface area contributed by atoms with Crippen LogP contribution in [0.1, 0.15) is 71.1 Å². The van der Waals surface area contributed by atoms with Gasteiger partial charge in [-0.3, -0.25) is 9.59 Å². The number of carboxylic acid groups (broad SMARTS) is 1. The normalized spacial score (nSPS) is 25.7. The van der Waals surface area contributed by atoms with Crippen molar-refractivity contribution in [1.82, 2.24) is 0 Å². The van der Waals surface area contributed by atoms with Gasteiger partial charge in [-0.15, -0.1) is 0 Å². The molecule has 1 fully saturated rings. The highest BCUT2D eigenvalue weighted by molar-refractivity contribution is 5.84. The molecular formula is C20H34O6. The zero-order valence-corrected chi connectivity index (χ0v) is 15.7. The second-order valence-corrected chi connectivity index (χ2v) is 7.51. The summed E-state index contributed by atoms with van der Waals surface area (Å²) >= 11 is 0. The first-order valence-electron chi connectivity index (χ1n) is 9.75. The predicted octanol–water partition coefficient (Wildman–Crippen LogP) is 2.45. The zero-order valence-electron chi connectivity index (χ0n) is 15.7. The maximum absolute atomic E-state index is 12.1. The summed E-state index contributed by atoms with van der Waals surface area (Å²) in [5, 5.41) is 38.1. The Morgan fingerprint density at radius 1 is 1.19 bits per heavy atom. The predicted molar refractivity (Wildman–Crippen MR) is 98.6 cm³/mol. The number of rotatable bonds is 13. The molecule has 6 heteroatoms. The van der Waals surface area contributed by atoms with E-state index in [1.54, 1.807) is 6.92 Å². The molecule has 0 radical (unpaired) electrons. The number of Topliss-reactive ketones (excluding diaryl/α,β-unsaturated/α-hetero) is 1. The van der Waals surface area contributed by atoms with Crippen molar-refractivity contribution in [3.63, 3.8) is 0 Å². The van der Waals surface area contributed by atoms with Gasteiger partial charge in [-0.25, -0.2) is 0 Å². The van der Waals surface area contributed by atoms with E-state index in [1.165, 1.54) is 0 Å². The number of hydrogen-bond donors (Lipinski definition) is 4. The van der Waals surface area contributed by atoms with Gasteiger partial charge in [-0.05, 0) is 64.2 Å². The van der Waals surface area contributed by atoms with E-state index in [9.17, 15) is 24.9 Å². The van der Waals surface area contributed by atoms with Crippen molar-refractivity contribution >= 4 is 11.8 Å². The van der Waals surface area contributed by atoms with E-state index in [1.807, 2.05) is 12.2 Å². The standard InChI is InChI=1S/C20H34O6/c1-14(21)7-6-8-15(22)11-12-17-16(18(23)13-19(17)24)9-4-2-3-5-10-20(25)26/h2,4,14-17,19,21-22,24H,3,5-13H2,1H3,(H,25,26)/t14-,15-,16?,17-,19?/m1/s1. The smallest absolute Gasteiger partial charge is 0.303 e. The van der Waals surface area contributed by atoms with Crippen molar-refractivity contribution in [3.05, 3.63) is 12.2 Å². The van der Waals surface area contributed by atoms with Gasteiger partial charge in [-0.2, -0.15) is 0 Å². The summed E-state index contributed by atoms with van der Waals surface area (Å²) in [5.41, 5.74) is 0. The van der Waals surface area contributed by atoms with Crippen LogP contribution in [0.2, 0.25) is 0 Å². The summed E-state index contributed by atoms with van der Waals surface area (Å²) < 4.78 is 0. The van der Waals surface area contributed by atoms with Crippen molar-refractivity contribution in [2.45, 2.75) is 89.4 Å².